The Bertz CT molecular complexity index is 426. The average Bonchev–Trinajstić information content (AvgIpc) is 2.34. The van der Waals surface area contributed by atoms with Crippen LogP contribution in [0.4, 0.5) is 5.69 Å². The molecule has 0 atom stereocenters. The van der Waals surface area contributed by atoms with E-state index < -0.39 is 0 Å². The van der Waals surface area contributed by atoms with Crippen molar-refractivity contribution in [3.05, 3.63) is 24.0 Å². The fourth-order valence-corrected chi connectivity index (χ4v) is 3.05. The highest BCUT2D eigenvalue weighted by atomic mass is 15.2. The molecule has 0 amide bonds. The van der Waals surface area contributed by atoms with Crippen LogP contribution in [0, 0.1) is 0 Å². The van der Waals surface area contributed by atoms with Crippen LogP contribution in [0.3, 0.4) is 0 Å². The van der Waals surface area contributed by atoms with Crippen LogP contribution in [0.2, 0.25) is 0 Å². The van der Waals surface area contributed by atoms with Gasteiger partial charge in [-0.25, -0.2) is 0 Å². The Balaban J connectivity index is 1.94. The molecule has 20 heavy (non-hydrogen) atoms. The molecule has 1 aliphatic carbocycles. The van der Waals surface area contributed by atoms with E-state index in [1.165, 1.54) is 19.3 Å². The number of nitrogens with one attached hydrogen (secondary N) is 1. The third-order valence-corrected chi connectivity index (χ3v) is 4.43. The number of aromatic nitrogens is 1. The molecule has 4 nitrogen and oxygen atoms in total. The first-order chi connectivity index (χ1) is 9.55. The van der Waals surface area contributed by atoms with Gasteiger partial charge >= 0.3 is 0 Å². The Morgan fingerprint density at radius 1 is 1.30 bits per heavy atom. The molecule has 0 aliphatic heterocycles. The van der Waals surface area contributed by atoms with Crippen LogP contribution in [-0.2, 0) is 6.54 Å². The summed E-state index contributed by atoms with van der Waals surface area (Å²) in [5.41, 5.74) is 2.68. The fraction of sp³-hybridized carbons (Fsp3) is 0.688. The predicted octanol–water partition coefficient (Wildman–Crippen LogP) is 2.43. The minimum atomic E-state index is 0.383. The average molecular weight is 276 g/mol. The van der Waals surface area contributed by atoms with Gasteiger partial charge in [-0.15, -0.1) is 0 Å². The van der Waals surface area contributed by atoms with Crippen molar-refractivity contribution in [2.45, 2.75) is 38.3 Å². The van der Waals surface area contributed by atoms with E-state index in [1.54, 1.807) is 0 Å². The highest BCUT2D eigenvalue weighted by Crippen LogP contribution is 2.36. The van der Waals surface area contributed by atoms with E-state index in [1.807, 2.05) is 12.3 Å². The van der Waals surface area contributed by atoms with E-state index in [-0.39, 0.29) is 0 Å². The Kier molecular flexibility index (Phi) is 5.00. The lowest BCUT2D eigenvalue weighted by Gasteiger charge is -2.49. The number of likely N-dealkylation sites (N-methyl/N-ethyl adjacent to an activating group) is 2. The largest absolute Gasteiger partial charge is 0.385 e. The van der Waals surface area contributed by atoms with E-state index in [9.17, 15) is 0 Å². The van der Waals surface area contributed by atoms with Gasteiger partial charge < -0.3 is 10.2 Å². The summed E-state index contributed by atoms with van der Waals surface area (Å²) in [6, 6.07) is 4.18. The number of anilines is 1. The van der Waals surface area contributed by atoms with Gasteiger partial charge in [-0.2, -0.15) is 0 Å². The molecular weight excluding hydrogens is 248 g/mol. The molecular formula is C16H28N4. The first kappa shape index (κ1) is 15.3. The standard InChI is InChI=1S/C16H28N4/c1-5-17-14-7-10-18-15(11-14)12-20(4)13-16(19(2)3)8-6-9-16/h7,10-11H,5-6,8-9,12-13H2,1-4H3,(H,17,18). The van der Waals surface area contributed by atoms with Gasteiger partial charge in [0.1, 0.15) is 0 Å². The lowest BCUT2D eigenvalue weighted by Crippen LogP contribution is -2.56. The van der Waals surface area contributed by atoms with Crippen molar-refractivity contribution in [3.63, 3.8) is 0 Å². The van der Waals surface area contributed by atoms with Gasteiger partial charge in [0.15, 0.2) is 0 Å². The minimum Gasteiger partial charge on any atom is -0.385 e. The van der Waals surface area contributed by atoms with Gasteiger partial charge in [0.05, 0.1) is 5.69 Å². The molecule has 1 heterocycles. The van der Waals surface area contributed by atoms with Crippen molar-refractivity contribution >= 4 is 5.69 Å². The summed E-state index contributed by atoms with van der Waals surface area (Å²) in [5, 5.41) is 3.34. The van der Waals surface area contributed by atoms with Crippen LogP contribution in [-0.4, -0.2) is 54.6 Å². The maximum atomic E-state index is 4.49. The topological polar surface area (TPSA) is 31.4 Å². The Hall–Kier alpha value is -1.13. The molecule has 1 aromatic heterocycles. The molecule has 112 valence electrons. The molecule has 1 N–H and O–H groups in total. The Morgan fingerprint density at radius 2 is 2.05 bits per heavy atom. The van der Waals surface area contributed by atoms with Crippen LogP contribution in [0.5, 0.6) is 0 Å². The van der Waals surface area contributed by atoms with E-state index in [0.29, 0.717) is 5.54 Å². The molecule has 1 saturated carbocycles. The zero-order valence-corrected chi connectivity index (χ0v) is 13.3. The molecule has 0 radical (unpaired) electrons. The normalized spacial score (nSPS) is 17.3. The smallest absolute Gasteiger partial charge is 0.0564 e. The van der Waals surface area contributed by atoms with Gasteiger partial charge in [-0.1, -0.05) is 0 Å². The first-order valence-corrected chi connectivity index (χ1v) is 7.60. The van der Waals surface area contributed by atoms with Gasteiger partial charge in [0.25, 0.3) is 0 Å². The van der Waals surface area contributed by atoms with Crippen LogP contribution in [0.15, 0.2) is 18.3 Å². The van der Waals surface area contributed by atoms with E-state index >= 15 is 0 Å². The lowest BCUT2D eigenvalue weighted by molar-refractivity contribution is 0.0256. The molecule has 0 saturated heterocycles. The van der Waals surface area contributed by atoms with Crippen LogP contribution >= 0.6 is 0 Å². The molecule has 0 bridgehead atoms. The summed E-state index contributed by atoms with van der Waals surface area (Å²) in [7, 11) is 6.61. The van der Waals surface area contributed by atoms with Gasteiger partial charge in [-0.05, 0) is 59.5 Å². The second-order valence-corrected chi connectivity index (χ2v) is 6.21. The van der Waals surface area contributed by atoms with Gasteiger partial charge in [-0.3, -0.25) is 9.88 Å². The Labute approximate surface area is 123 Å². The number of pyridine rings is 1. The monoisotopic (exact) mass is 276 g/mol. The summed E-state index contributed by atoms with van der Waals surface area (Å²) in [6.45, 7) is 5.09. The second-order valence-electron chi connectivity index (χ2n) is 6.21. The number of hydrogen-bond acceptors (Lipinski definition) is 4. The molecule has 0 spiro atoms. The molecule has 1 fully saturated rings. The predicted molar refractivity (Wildman–Crippen MR) is 85.0 cm³/mol. The van der Waals surface area contributed by atoms with Crippen molar-refractivity contribution in [2.24, 2.45) is 0 Å². The molecule has 1 aliphatic rings. The zero-order chi connectivity index (χ0) is 14.6. The summed E-state index contributed by atoms with van der Waals surface area (Å²) < 4.78 is 0. The summed E-state index contributed by atoms with van der Waals surface area (Å²) in [5.74, 6) is 0. The third kappa shape index (κ3) is 3.49. The van der Waals surface area contributed by atoms with E-state index in [0.717, 1.165) is 31.0 Å². The quantitative estimate of drug-likeness (QED) is 0.829. The van der Waals surface area contributed by atoms with Gasteiger partial charge in [0.2, 0.25) is 0 Å². The highest BCUT2D eigenvalue weighted by molar-refractivity contribution is 5.42. The van der Waals surface area contributed by atoms with E-state index in [4.69, 9.17) is 0 Å². The lowest BCUT2D eigenvalue weighted by atomic mass is 9.75. The Morgan fingerprint density at radius 3 is 2.60 bits per heavy atom. The minimum absolute atomic E-state index is 0.383. The van der Waals surface area contributed by atoms with E-state index in [2.05, 4.69) is 54.2 Å². The summed E-state index contributed by atoms with van der Waals surface area (Å²) in [6.07, 6.45) is 5.89. The second kappa shape index (κ2) is 6.55. The fourth-order valence-electron chi connectivity index (χ4n) is 3.05. The zero-order valence-electron chi connectivity index (χ0n) is 13.3. The molecule has 0 unspecified atom stereocenters. The number of hydrogen-bond donors (Lipinski definition) is 1. The van der Waals surface area contributed by atoms with Gasteiger partial charge in [0, 0.05) is 37.1 Å². The van der Waals surface area contributed by atoms with Crippen LogP contribution < -0.4 is 5.32 Å². The highest BCUT2D eigenvalue weighted by Gasteiger charge is 2.39. The maximum Gasteiger partial charge on any atom is 0.0564 e. The summed E-state index contributed by atoms with van der Waals surface area (Å²) >= 11 is 0. The van der Waals surface area contributed by atoms with Crippen molar-refractivity contribution in [2.75, 3.05) is 39.5 Å². The van der Waals surface area contributed by atoms with Crippen LogP contribution in [0.25, 0.3) is 0 Å². The summed E-state index contributed by atoms with van der Waals surface area (Å²) in [4.78, 5) is 9.28. The molecule has 2 rings (SSSR count). The van der Waals surface area contributed by atoms with Crippen molar-refractivity contribution in [1.82, 2.24) is 14.8 Å². The third-order valence-electron chi connectivity index (χ3n) is 4.43. The SMILES string of the molecule is CCNc1ccnc(CN(C)CC2(N(C)C)CCC2)c1. The number of nitrogens with zero attached hydrogens (tertiary/aromatic N) is 3. The molecule has 0 aromatic carbocycles. The van der Waals surface area contributed by atoms with Crippen molar-refractivity contribution in [3.8, 4) is 0 Å². The molecule has 4 heteroatoms. The first-order valence-electron chi connectivity index (χ1n) is 7.60. The molecule has 1 aromatic rings. The maximum absolute atomic E-state index is 4.49. The van der Waals surface area contributed by atoms with Crippen molar-refractivity contribution in [1.29, 1.82) is 0 Å². The number of rotatable bonds is 7. The van der Waals surface area contributed by atoms with Crippen molar-refractivity contribution < 1.29 is 0 Å². The van der Waals surface area contributed by atoms with Crippen LogP contribution in [0.1, 0.15) is 31.9 Å².